The van der Waals surface area contributed by atoms with Gasteiger partial charge in [0.25, 0.3) is 5.91 Å². The molecule has 0 fully saturated rings. The van der Waals surface area contributed by atoms with Crippen LogP contribution >= 0.6 is 11.3 Å². The molecule has 29 heavy (non-hydrogen) atoms. The molecule has 0 radical (unpaired) electrons. The van der Waals surface area contributed by atoms with Gasteiger partial charge in [-0.05, 0) is 31.5 Å². The minimum Gasteiger partial charge on any atom is -0.480 e. The van der Waals surface area contributed by atoms with Gasteiger partial charge in [-0.3, -0.25) is 9.69 Å². The van der Waals surface area contributed by atoms with Crippen molar-refractivity contribution in [2.45, 2.75) is 32.4 Å². The first-order chi connectivity index (χ1) is 14.0. The summed E-state index contributed by atoms with van der Waals surface area (Å²) in [5, 5.41) is 12.5. The Kier molecular flexibility index (Phi) is 5.07. The summed E-state index contributed by atoms with van der Waals surface area (Å²) in [6, 6.07) is 14.4. The fraction of sp³-hybridized carbons (Fsp3) is 0.227. The van der Waals surface area contributed by atoms with Gasteiger partial charge in [-0.25, -0.2) is 9.78 Å². The number of rotatable bonds is 5. The lowest BCUT2D eigenvalue weighted by Gasteiger charge is -2.36. The molecule has 7 heteroatoms. The molecule has 2 unspecified atom stereocenters. The van der Waals surface area contributed by atoms with Crippen LogP contribution < -0.4 is 9.64 Å². The average molecular weight is 408 g/mol. The van der Waals surface area contributed by atoms with E-state index in [-0.39, 0.29) is 5.91 Å². The molecule has 4 rings (SSSR count). The Labute approximate surface area is 172 Å². The zero-order valence-electron chi connectivity index (χ0n) is 16.0. The number of carbonyl (C=O) groups is 2. The molecule has 2 aromatic carbocycles. The molecule has 3 aromatic rings. The highest BCUT2D eigenvalue weighted by molar-refractivity contribution is 7.13. The summed E-state index contributed by atoms with van der Waals surface area (Å²) in [4.78, 5) is 30.6. The van der Waals surface area contributed by atoms with Crippen molar-refractivity contribution in [2.24, 2.45) is 0 Å². The number of hydrogen-bond acceptors (Lipinski definition) is 5. The maximum atomic E-state index is 12.8. The predicted molar refractivity (Wildman–Crippen MR) is 112 cm³/mol. The highest BCUT2D eigenvalue weighted by atomic mass is 32.1. The van der Waals surface area contributed by atoms with E-state index in [4.69, 9.17) is 9.72 Å². The number of fused-ring (bicyclic) bond motifs is 1. The van der Waals surface area contributed by atoms with Gasteiger partial charge in [-0.15, -0.1) is 11.3 Å². The summed E-state index contributed by atoms with van der Waals surface area (Å²) in [5.74, 6) is -0.891. The van der Waals surface area contributed by atoms with Crippen molar-refractivity contribution >= 4 is 28.9 Å². The van der Waals surface area contributed by atoms with Crippen LogP contribution in [0.2, 0.25) is 0 Å². The first-order valence-corrected chi connectivity index (χ1v) is 10.3. The number of anilines is 1. The van der Waals surface area contributed by atoms with E-state index in [9.17, 15) is 14.7 Å². The zero-order valence-corrected chi connectivity index (χ0v) is 16.8. The number of benzene rings is 2. The van der Waals surface area contributed by atoms with Gasteiger partial charge in [0.2, 0.25) is 0 Å². The molecule has 1 N–H and O–H groups in total. The van der Waals surface area contributed by atoms with Crippen molar-refractivity contribution in [1.82, 2.24) is 4.98 Å². The molecule has 0 aliphatic carbocycles. The van der Waals surface area contributed by atoms with Crippen LogP contribution in [0.5, 0.6) is 5.75 Å². The molecule has 0 saturated heterocycles. The number of amides is 1. The zero-order chi connectivity index (χ0) is 20.5. The molecule has 2 heterocycles. The second kappa shape index (κ2) is 7.67. The quantitative estimate of drug-likeness (QED) is 0.674. The van der Waals surface area contributed by atoms with E-state index in [1.165, 1.54) is 16.2 Å². The molecule has 6 nitrogen and oxygen atoms in total. The normalized spacial score (nSPS) is 16.8. The van der Waals surface area contributed by atoms with Crippen molar-refractivity contribution in [2.75, 3.05) is 4.90 Å². The number of thiazole rings is 1. The van der Waals surface area contributed by atoms with E-state index in [0.29, 0.717) is 17.9 Å². The van der Waals surface area contributed by atoms with Gasteiger partial charge in [0, 0.05) is 16.5 Å². The summed E-state index contributed by atoms with van der Waals surface area (Å²) in [7, 11) is 0. The largest absolute Gasteiger partial charge is 0.480 e. The van der Waals surface area contributed by atoms with Gasteiger partial charge in [-0.1, -0.05) is 37.3 Å². The first-order valence-electron chi connectivity index (χ1n) is 9.37. The molecule has 1 aliphatic heterocycles. The molecule has 0 saturated carbocycles. The van der Waals surface area contributed by atoms with Crippen molar-refractivity contribution in [3.8, 4) is 27.6 Å². The Bertz CT molecular complexity index is 1060. The Balaban J connectivity index is 1.76. The fourth-order valence-electron chi connectivity index (χ4n) is 3.43. The van der Waals surface area contributed by atoms with Gasteiger partial charge >= 0.3 is 5.97 Å². The van der Waals surface area contributed by atoms with E-state index in [2.05, 4.69) is 0 Å². The van der Waals surface area contributed by atoms with Crippen LogP contribution in [-0.4, -0.2) is 34.1 Å². The standard InChI is InChI=1S/C22H20N2O4S/c1-3-17(22(26)27)24-18-11-15(9-10-19(18)28-13(2)21(24)25)16-12-29-20(23-16)14-7-5-4-6-8-14/h4-13,17H,3H2,1-2H3,(H,26,27). The van der Waals surface area contributed by atoms with Gasteiger partial charge in [0.05, 0.1) is 11.4 Å². The predicted octanol–water partition coefficient (Wildman–Crippen LogP) is 4.45. The lowest BCUT2D eigenvalue weighted by atomic mass is 10.0. The van der Waals surface area contributed by atoms with Crippen LogP contribution in [0.1, 0.15) is 20.3 Å². The first kappa shape index (κ1) is 19.1. The Hall–Kier alpha value is -3.19. The lowest BCUT2D eigenvalue weighted by molar-refractivity contribution is -0.141. The minimum atomic E-state index is -1.04. The lowest BCUT2D eigenvalue weighted by Crippen LogP contribution is -2.52. The Morgan fingerprint density at radius 2 is 2.00 bits per heavy atom. The molecule has 148 valence electrons. The van der Waals surface area contributed by atoms with Crippen LogP contribution in [0.15, 0.2) is 53.9 Å². The molecule has 2 atom stereocenters. The van der Waals surface area contributed by atoms with Gasteiger partial charge in [0.1, 0.15) is 16.8 Å². The molecule has 1 aromatic heterocycles. The van der Waals surface area contributed by atoms with Crippen molar-refractivity contribution in [3.05, 3.63) is 53.9 Å². The van der Waals surface area contributed by atoms with Crippen molar-refractivity contribution in [3.63, 3.8) is 0 Å². The highest BCUT2D eigenvalue weighted by Gasteiger charge is 2.38. The van der Waals surface area contributed by atoms with Crippen molar-refractivity contribution in [1.29, 1.82) is 0 Å². The van der Waals surface area contributed by atoms with Crippen molar-refractivity contribution < 1.29 is 19.4 Å². The van der Waals surface area contributed by atoms with Crippen LogP contribution in [0, 0.1) is 0 Å². The van der Waals surface area contributed by atoms with Gasteiger partial charge in [-0.2, -0.15) is 0 Å². The average Bonchev–Trinajstić information content (AvgIpc) is 3.22. The summed E-state index contributed by atoms with van der Waals surface area (Å²) < 4.78 is 5.71. The number of carbonyl (C=O) groups excluding carboxylic acids is 1. The van der Waals surface area contributed by atoms with E-state index in [1.54, 1.807) is 26.0 Å². The minimum absolute atomic E-state index is 0.298. The summed E-state index contributed by atoms with van der Waals surface area (Å²) in [6.45, 7) is 3.38. The number of aliphatic carboxylic acids is 1. The summed E-state index contributed by atoms with van der Waals surface area (Å²) in [6.07, 6.45) is -0.433. The topological polar surface area (TPSA) is 79.7 Å². The van der Waals surface area contributed by atoms with E-state index >= 15 is 0 Å². The molecule has 0 spiro atoms. The third kappa shape index (κ3) is 3.49. The molecule has 0 bridgehead atoms. The maximum Gasteiger partial charge on any atom is 0.326 e. The monoisotopic (exact) mass is 408 g/mol. The maximum absolute atomic E-state index is 12.8. The fourth-order valence-corrected chi connectivity index (χ4v) is 4.26. The van der Waals surface area contributed by atoms with Gasteiger partial charge < -0.3 is 9.84 Å². The Morgan fingerprint density at radius 3 is 2.69 bits per heavy atom. The number of hydrogen-bond donors (Lipinski definition) is 1. The summed E-state index contributed by atoms with van der Waals surface area (Å²) >= 11 is 1.54. The third-order valence-corrected chi connectivity index (χ3v) is 5.80. The highest BCUT2D eigenvalue weighted by Crippen LogP contribution is 2.40. The second-order valence-electron chi connectivity index (χ2n) is 6.82. The SMILES string of the molecule is CCC(C(=O)O)N1C(=O)C(C)Oc2ccc(-c3csc(-c4ccccc4)n3)cc21. The van der Waals surface area contributed by atoms with E-state index in [0.717, 1.165) is 21.8 Å². The molecule has 1 amide bonds. The molecule has 1 aliphatic rings. The van der Waals surface area contributed by atoms with Crippen LogP contribution in [0.4, 0.5) is 5.69 Å². The number of carboxylic acid groups (broad SMARTS) is 1. The molecular weight excluding hydrogens is 388 g/mol. The Morgan fingerprint density at radius 1 is 1.24 bits per heavy atom. The van der Waals surface area contributed by atoms with Crippen LogP contribution in [0.3, 0.4) is 0 Å². The van der Waals surface area contributed by atoms with Crippen LogP contribution in [-0.2, 0) is 9.59 Å². The summed E-state index contributed by atoms with van der Waals surface area (Å²) in [5.41, 5.74) is 3.08. The number of nitrogens with zero attached hydrogens (tertiary/aromatic N) is 2. The second-order valence-corrected chi connectivity index (χ2v) is 7.68. The molecular formula is C22H20N2O4S. The smallest absolute Gasteiger partial charge is 0.326 e. The van der Waals surface area contributed by atoms with E-state index in [1.807, 2.05) is 41.8 Å². The third-order valence-electron chi connectivity index (χ3n) is 4.91. The number of aromatic nitrogens is 1. The number of carboxylic acids is 1. The number of ether oxygens (including phenoxy) is 1. The van der Waals surface area contributed by atoms with E-state index < -0.39 is 18.1 Å². The van der Waals surface area contributed by atoms with Crippen LogP contribution in [0.25, 0.3) is 21.8 Å². The van der Waals surface area contributed by atoms with Gasteiger partial charge in [0.15, 0.2) is 6.10 Å².